The molecule has 2 aliphatic carbocycles. The third kappa shape index (κ3) is 3.68. The molecule has 0 unspecified atom stereocenters. The lowest BCUT2D eigenvalue weighted by Gasteiger charge is -2.27. The minimum Gasteiger partial charge on any atom is -0.360 e. The van der Waals surface area contributed by atoms with Crippen LogP contribution in [-0.4, -0.2) is 43.3 Å². The number of amides is 1. The summed E-state index contributed by atoms with van der Waals surface area (Å²) in [6.45, 7) is 2.35. The van der Waals surface area contributed by atoms with Gasteiger partial charge in [0.15, 0.2) is 0 Å². The fraction of sp³-hybridized carbons (Fsp3) is 0.440. The van der Waals surface area contributed by atoms with Crippen molar-refractivity contribution in [2.24, 2.45) is 10.9 Å². The summed E-state index contributed by atoms with van der Waals surface area (Å²) in [6.07, 6.45) is 5.77. The zero-order valence-corrected chi connectivity index (χ0v) is 17.2. The number of hydrogen-bond acceptors (Lipinski definition) is 3. The SMILES string of the molecule is CN1CCN=C1CN(C(=O)[C@H]1C[C@@H]1c1ccccc1)c1ccc2c(c1)CCCC2. The van der Waals surface area contributed by atoms with Crippen molar-refractivity contribution in [2.45, 2.75) is 38.0 Å². The van der Waals surface area contributed by atoms with Crippen molar-refractivity contribution < 1.29 is 4.79 Å². The number of benzene rings is 2. The van der Waals surface area contributed by atoms with E-state index < -0.39 is 0 Å². The average molecular weight is 388 g/mol. The van der Waals surface area contributed by atoms with E-state index in [0.29, 0.717) is 12.5 Å². The van der Waals surface area contributed by atoms with E-state index in [-0.39, 0.29) is 11.8 Å². The Hall–Kier alpha value is -2.62. The Bertz CT molecular complexity index is 936. The monoisotopic (exact) mass is 387 g/mol. The van der Waals surface area contributed by atoms with Gasteiger partial charge in [0, 0.05) is 25.2 Å². The fourth-order valence-electron chi connectivity index (χ4n) is 4.81. The van der Waals surface area contributed by atoms with E-state index in [1.807, 2.05) is 11.0 Å². The zero-order chi connectivity index (χ0) is 19.8. The minimum atomic E-state index is 0.0840. The minimum absolute atomic E-state index is 0.0840. The summed E-state index contributed by atoms with van der Waals surface area (Å²) in [7, 11) is 2.07. The molecule has 29 heavy (non-hydrogen) atoms. The molecule has 2 aromatic rings. The van der Waals surface area contributed by atoms with Crippen LogP contribution in [0.2, 0.25) is 0 Å². The first-order chi connectivity index (χ1) is 14.2. The maximum Gasteiger partial charge on any atom is 0.231 e. The first-order valence-electron chi connectivity index (χ1n) is 10.9. The highest BCUT2D eigenvalue weighted by Crippen LogP contribution is 2.49. The van der Waals surface area contributed by atoms with Crippen LogP contribution in [0.4, 0.5) is 5.69 Å². The van der Waals surface area contributed by atoms with Crippen molar-refractivity contribution in [2.75, 3.05) is 31.6 Å². The van der Waals surface area contributed by atoms with E-state index in [2.05, 4.69) is 59.4 Å². The second-order valence-electron chi connectivity index (χ2n) is 8.66. The van der Waals surface area contributed by atoms with Crippen molar-refractivity contribution in [1.29, 1.82) is 0 Å². The third-order valence-corrected chi connectivity index (χ3v) is 6.72. The highest BCUT2D eigenvalue weighted by Gasteiger charge is 2.46. The molecule has 0 N–H and O–H groups in total. The number of aliphatic imine (C=N–C) groups is 1. The quantitative estimate of drug-likeness (QED) is 0.776. The van der Waals surface area contributed by atoms with Crippen molar-refractivity contribution >= 4 is 17.4 Å². The molecule has 1 fully saturated rings. The van der Waals surface area contributed by atoms with Crippen LogP contribution in [-0.2, 0) is 17.6 Å². The second kappa shape index (κ2) is 7.66. The second-order valence-corrected chi connectivity index (χ2v) is 8.66. The number of carbonyl (C=O) groups is 1. The highest BCUT2D eigenvalue weighted by atomic mass is 16.2. The Balaban J connectivity index is 1.42. The molecule has 0 spiro atoms. The zero-order valence-electron chi connectivity index (χ0n) is 17.2. The number of carbonyl (C=O) groups excluding carboxylic acids is 1. The van der Waals surface area contributed by atoms with Gasteiger partial charge in [0.05, 0.1) is 13.1 Å². The van der Waals surface area contributed by atoms with E-state index in [1.165, 1.54) is 29.5 Å². The summed E-state index contributed by atoms with van der Waals surface area (Å²) in [4.78, 5) is 22.4. The van der Waals surface area contributed by atoms with Crippen LogP contribution in [0, 0.1) is 5.92 Å². The summed E-state index contributed by atoms with van der Waals surface area (Å²) >= 11 is 0. The number of fused-ring (bicyclic) bond motifs is 1. The van der Waals surface area contributed by atoms with Crippen molar-refractivity contribution in [3.05, 3.63) is 65.2 Å². The first kappa shape index (κ1) is 18.4. The normalized spacial score (nSPS) is 22.8. The Kier molecular flexibility index (Phi) is 4.86. The number of amidine groups is 1. The molecule has 1 heterocycles. The lowest BCUT2D eigenvalue weighted by Crippen LogP contribution is -2.41. The molecule has 2 atom stereocenters. The molecule has 150 valence electrons. The van der Waals surface area contributed by atoms with Crippen LogP contribution in [0.25, 0.3) is 0 Å². The van der Waals surface area contributed by atoms with Gasteiger partial charge < -0.3 is 9.80 Å². The number of likely N-dealkylation sites (N-methyl/N-ethyl adjacent to an activating group) is 1. The molecule has 3 aliphatic rings. The molecule has 5 rings (SSSR count). The van der Waals surface area contributed by atoms with Gasteiger partial charge in [-0.3, -0.25) is 9.79 Å². The van der Waals surface area contributed by atoms with Crippen LogP contribution in [0.5, 0.6) is 0 Å². The van der Waals surface area contributed by atoms with E-state index in [1.54, 1.807) is 0 Å². The van der Waals surface area contributed by atoms with Crippen molar-refractivity contribution in [3.8, 4) is 0 Å². The van der Waals surface area contributed by atoms with Crippen LogP contribution < -0.4 is 4.90 Å². The number of hydrogen-bond donors (Lipinski definition) is 0. The molecule has 0 radical (unpaired) electrons. The maximum atomic E-state index is 13.6. The predicted molar refractivity (Wildman–Crippen MR) is 118 cm³/mol. The van der Waals surface area contributed by atoms with Gasteiger partial charge in [-0.25, -0.2) is 0 Å². The van der Waals surface area contributed by atoms with E-state index in [0.717, 1.165) is 43.9 Å². The highest BCUT2D eigenvalue weighted by molar-refractivity contribution is 6.03. The largest absolute Gasteiger partial charge is 0.360 e. The van der Waals surface area contributed by atoms with Crippen LogP contribution in [0.1, 0.15) is 41.9 Å². The van der Waals surface area contributed by atoms with Crippen LogP contribution in [0.15, 0.2) is 53.5 Å². The molecule has 4 heteroatoms. The van der Waals surface area contributed by atoms with E-state index >= 15 is 0 Å². The lowest BCUT2D eigenvalue weighted by molar-refractivity contribution is -0.119. The molecule has 1 aliphatic heterocycles. The Morgan fingerprint density at radius 3 is 2.66 bits per heavy atom. The van der Waals surface area contributed by atoms with Gasteiger partial charge in [0.2, 0.25) is 5.91 Å². The maximum absolute atomic E-state index is 13.6. The van der Waals surface area contributed by atoms with Crippen molar-refractivity contribution in [3.63, 3.8) is 0 Å². The molecule has 0 bridgehead atoms. The molecular weight excluding hydrogens is 358 g/mol. The van der Waals surface area contributed by atoms with Gasteiger partial charge in [-0.1, -0.05) is 36.4 Å². The number of aryl methyl sites for hydroxylation is 2. The van der Waals surface area contributed by atoms with Gasteiger partial charge >= 0.3 is 0 Å². The molecular formula is C25H29N3O. The average Bonchev–Trinajstić information content (AvgIpc) is 3.47. The summed E-state index contributed by atoms with van der Waals surface area (Å²) in [5.41, 5.74) is 5.20. The topological polar surface area (TPSA) is 35.9 Å². The Labute approximate surface area is 173 Å². The fourth-order valence-corrected chi connectivity index (χ4v) is 4.81. The molecule has 2 aromatic carbocycles. The Morgan fingerprint density at radius 2 is 1.90 bits per heavy atom. The smallest absolute Gasteiger partial charge is 0.231 e. The summed E-state index contributed by atoms with van der Waals surface area (Å²) in [6, 6.07) is 17.1. The summed E-state index contributed by atoms with van der Waals surface area (Å²) in [5, 5.41) is 0. The Morgan fingerprint density at radius 1 is 1.10 bits per heavy atom. The van der Waals surface area contributed by atoms with Gasteiger partial charge in [0.25, 0.3) is 0 Å². The molecule has 0 saturated heterocycles. The van der Waals surface area contributed by atoms with Crippen molar-refractivity contribution in [1.82, 2.24) is 4.90 Å². The van der Waals surface area contributed by atoms with E-state index in [9.17, 15) is 4.79 Å². The van der Waals surface area contributed by atoms with Crippen LogP contribution >= 0.6 is 0 Å². The summed E-state index contributed by atoms with van der Waals surface area (Å²) < 4.78 is 0. The van der Waals surface area contributed by atoms with Gasteiger partial charge in [0.1, 0.15) is 5.84 Å². The number of nitrogens with zero attached hydrogens (tertiary/aromatic N) is 3. The standard InChI is InChI=1S/C25H29N3O/c1-27-14-13-26-24(27)17-28(21-12-11-18-7-5-6-10-20(18)15-21)25(29)23-16-22(23)19-8-3-2-4-9-19/h2-4,8-9,11-12,15,22-23H,5-7,10,13-14,16-17H2,1H3/t22-,23+/m1/s1. The molecule has 1 saturated carbocycles. The summed E-state index contributed by atoms with van der Waals surface area (Å²) in [5.74, 6) is 1.71. The van der Waals surface area contributed by atoms with Gasteiger partial charge in [-0.05, 0) is 66.8 Å². The molecule has 0 aromatic heterocycles. The third-order valence-electron chi connectivity index (χ3n) is 6.72. The predicted octanol–water partition coefficient (Wildman–Crippen LogP) is 4.05. The van der Waals surface area contributed by atoms with Crippen LogP contribution in [0.3, 0.4) is 0 Å². The van der Waals surface area contributed by atoms with Gasteiger partial charge in [-0.2, -0.15) is 0 Å². The number of anilines is 1. The first-order valence-corrected chi connectivity index (χ1v) is 10.9. The molecule has 4 nitrogen and oxygen atoms in total. The lowest BCUT2D eigenvalue weighted by atomic mass is 9.91. The number of rotatable bonds is 5. The van der Waals surface area contributed by atoms with E-state index in [4.69, 9.17) is 0 Å². The van der Waals surface area contributed by atoms with Gasteiger partial charge in [-0.15, -0.1) is 0 Å². The molecule has 1 amide bonds.